The Labute approximate surface area is 131 Å². The van der Waals surface area contributed by atoms with Gasteiger partial charge in [-0.2, -0.15) is 0 Å². The summed E-state index contributed by atoms with van der Waals surface area (Å²) in [6.07, 6.45) is 7.23. The van der Waals surface area contributed by atoms with E-state index in [2.05, 4.69) is 12.2 Å². The molecule has 120 valence electrons. The fourth-order valence-corrected chi connectivity index (χ4v) is 4.35. The molecular formula is C18H26FN2O+. The zero-order chi connectivity index (χ0) is 15.5. The number of amides is 1. The van der Waals surface area contributed by atoms with Crippen LogP contribution in [0, 0.1) is 5.82 Å². The first kappa shape index (κ1) is 15.5. The molecule has 3 rings (SSSR count). The minimum Gasteiger partial charge on any atom is -0.349 e. The Morgan fingerprint density at radius 3 is 2.68 bits per heavy atom. The average molecular weight is 305 g/mol. The lowest BCUT2D eigenvalue weighted by atomic mass is 9.81. The largest absolute Gasteiger partial charge is 0.349 e. The molecule has 22 heavy (non-hydrogen) atoms. The second kappa shape index (κ2) is 6.78. The van der Waals surface area contributed by atoms with Gasteiger partial charge < -0.3 is 10.2 Å². The summed E-state index contributed by atoms with van der Waals surface area (Å²) in [5, 5.41) is 3.13. The number of nitrogens with one attached hydrogen (secondary N) is 2. The lowest BCUT2D eigenvalue weighted by Gasteiger charge is -2.46. The van der Waals surface area contributed by atoms with Crippen LogP contribution >= 0.6 is 0 Å². The quantitative estimate of drug-likeness (QED) is 0.876. The van der Waals surface area contributed by atoms with Crippen LogP contribution in [0.1, 0.15) is 55.8 Å². The van der Waals surface area contributed by atoms with Crippen molar-refractivity contribution in [1.82, 2.24) is 5.32 Å². The highest BCUT2D eigenvalue weighted by molar-refractivity contribution is 5.94. The van der Waals surface area contributed by atoms with Crippen molar-refractivity contribution in [2.75, 3.05) is 6.54 Å². The summed E-state index contributed by atoms with van der Waals surface area (Å²) in [6.45, 7) is 3.50. The van der Waals surface area contributed by atoms with Gasteiger partial charge in [0.25, 0.3) is 5.91 Å². The first-order valence-corrected chi connectivity index (χ1v) is 8.59. The third-order valence-electron chi connectivity index (χ3n) is 5.25. The van der Waals surface area contributed by atoms with Crippen LogP contribution in [0.3, 0.4) is 0 Å². The second-order valence-corrected chi connectivity index (χ2v) is 6.80. The van der Waals surface area contributed by atoms with Gasteiger partial charge in [-0.25, -0.2) is 4.39 Å². The van der Waals surface area contributed by atoms with E-state index in [1.54, 1.807) is 17.0 Å². The minimum atomic E-state index is -0.355. The van der Waals surface area contributed by atoms with E-state index >= 15 is 0 Å². The number of rotatable bonds is 4. The van der Waals surface area contributed by atoms with Gasteiger partial charge >= 0.3 is 0 Å². The third kappa shape index (κ3) is 3.32. The Balaban J connectivity index is 1.63. The van der Waals surface area contributed by atoms with Crippen LogP contribution in [0.25, 0.3) is 0 Å². The highest BCUT2D eigenvalue weighted by Crippen LogP contribution is 2.22. The predicted molar refractivity (Wildman–Crippen MR) is 84.4 cm³/mol. The molecular weight excluding hydrogens is 279 g/mol. The van der Waals surface area contributed by atoms with Gasteiger partial charge in [-0.1, -0.05) is 13.0 Å². The van der Waals surface area contributed by atoms with Gasteiger partial charge in [-0.05, 0) is 43.9 Å². The van der Waals surface area contributed by atoms with Crippen molar-refractivity contribution < 1.29 is 14.1 Å². The van der Waals surface area contributed by atoms with E-state index < -0.39 is 0 Å². The summed E-state index contributed by atoms with van der Waals surface area (Å²) < 4.78 is 13.2. The topological polar surface area (TPSA) is 33.5 Å². The van der Waals surface area contributed by atoms with E-state index in [0.717, 1.165) is 12.8 Å². The fourth-order valence-electron chi connectivity index (χ4n) is 4.35. The van der Waals surface area contributed by atoms with E-state index in [-0.39, 0.29) is 17.8 Å². The first-order chi connectivity index (χ1) is 10.7. The van der Waals surface area contributed by atoms with E-state index in [9.17, 15) is 9.18 Å². The van der Waals surface area contributed by atoms with Crippen molar-refractivity contribution in [2.45, 2.75) is 63.6 Å². The molecule has 0 aromatic heterocycles. The summed E-state index contributed by atoms with van der Waals surface area (Å²) >= 11 is 0. The van der Waals surface area contributed by atoms with Crippen LogP contribution in [0.2, 0.25) is 0 Å². The summed E-state index contributed by atoms with van der Waals surface area (Å²) in [5.74, 6) is -0.492. The maximum absolute atomic E-state index is 13.2. The van der Waals surface area contributed by atoms with Crippen LogP contribution in [-0.4, -0.2) is 30.6 Å². The van der Waals surface area contributed by atoms with Crippen molar-refractivity contribution in [2.24, 2.45) is 0 Å². The van der Waals surface area contributed by atoms with E-state index in [1.165, 1.54) is 44.4 Å². The molecule has 4 heteroatoms. The molecule has 0 spiro atoms. The Bertz CT molecular complexity index is 520. The van der Waals surface area contributed by atoms with Crippen LogP contribution < -0.4 is 10.2 Å². The summed E-state index contributed by atoms with van der Waals surface area (Å²) in [6, 6.07) is 7.56. The van der Waals surface area contributed by atoms with E-state index in [0.29, 0.717) is 17.6 Å². The zero-order valence-corrected chi connectivity index (χ0v) is 13.3. The molecule has 4 atom stereocenters. The SMILES string of the molecule is CCC[NH+]1[C@@H]2CCC[C@H]1CC(NC(=O)c1cccc(F)c1)C2. The predicted octanol–water partition coefficient (Wildman–Crippen LogP) is 1.93. The van der Waals surface area contributed by atoms with Crippen molar-refractivity contribution in [1.29, 1.82) is 0 Å². The maximum Gasteiger partial charge on any atom is 0.251 e. The Morgan fingerprint density at radius 2 is 2.05 bits per heavy atom. The molecule has 2 fully saturated rings. The van der Waals surface area contributed by atoms with E-state index in [4.69, 9.17) is 0 Å². The monoisotopic (exact) mass is 305 g/mol. The smallest absolute Gasteiger partial charge is 0.251 e. The van der Waals surface area contributed by atoms with Gasteiger partial charge in [0.1, 0.15) is 5.82 Å². The van der Waals surface area contributed by atoms with Gasteiger partial charge in [-0.15, -0.1) is 0 Å². The standard InChI is InChI=1S/C18H25FN2O/c1-2-9-21-16-7-4-8-17(21)12-15(11-16)20-18(22)13-5-3-6-14(19)10-13/h3,5-6,10,15-17H,2,4,7-9,11-12H2,1H3,(H,20,22)/p+1/t15?,16-,17+. The van der Waals surface area contributed by atoms with Crippen molar-refractivity contribution in [3.05, 3.63) is 35.6 Å². The van der Waals surface area contributed by atoms with Crippen molar-refractivity contribution in [3.63, 3.8) is 0 Å². The summed E-state index contributed by atoms with van der Waals surface area (Å²) in [5.41, 5.74) is 0.425. The molecule has 1 aromatic rings. The normalized spacial score (nSPS) is 30.8. The number of quaternary nitrogens is 1. The highest BCUT2D eigenvalue weighted by Gasteiger charge is 2.41. The summed E-state index contributed by atoms with van der Waals surface area (Å²) in [7, 11) is 0. The van der Waals surface area contributed by atoms with E-state index in [1.807, 2.05) is 0 Å². The maximum atomic E-state index is 13.2. The Morgan fingerprint density at radius 1 is 1.32 bits per heavy atom. The first-order valence-electron chi connectivity index (χ1n) is 8.59. The molecule has 1 amide bonds. The van der Waals surface area contributed by atoms with Gasteiger partial charge in [0.15, 0.2) is 0 Å². The van der Waals surface area contributed by atoms with Gasteiger partial charge in [0, 0.05) is 24.4 Å². The molecule has 2 heterocycles. The van der Waals surface area contributed by atoms with Crippen LogP contribution in [0.15, 0.2) is 24.3 Å². The van der Waals surface area contributed by atoms with Crippen LogP contribution in [-0.2, 0) is 0 Å². The Kier molecular flexibility index (Phi) is 4.77. The lowest BCUT2D eigenvalue weighted by Crippen LogP contribution is -3.21. The second-order valence-electron chi connectivity index (χ2n) is 6.80. The van der Waals surface area contributed by atoms with Crippen LogP contribution in [0.4, 0.5) is 4.39 Å². The minimum absolute atomic E-state index is 0.137. The van der Waals surface area contributed by atoms with Gasteiger partial charge in [0.2, 0.25) is 0 Å². The molecule has 1 aromatic carbocycles. The molecule has 2 saturated heterocycles. The Hall–Kier alpha value is -1.42. The molecule has 0 radical (unpaired) electrons. The third-order valence-corrected chi connectivity index (χ3v) is 5.25. The molecule has 0 saturated carbocycles. The number of carbonyl (C=O) groups is 1. The number of carbonyl (C=O) groups excluding carboxylic acids is 1. The van der Waals surface area contributed by atoms with Crippen molar-refractivity contribution in [3.8, 4) is 0 Å². The molecule has 2 aliphatic rings. The number of fused-ring (bicyclic) bond motifs is 2. The average Bonchev–Trinajstić information content (AvgIpc) is 2.48. The lowest BCUT2D eigenvalue weighted by molar-refractivity contribution is -0.961. The van der Waals surface area contributed by atoms with Gasteiger partial charge in [-0.3, -0.25) is 4.79 Å². The molecule has 3 nitrogen and oxygen atoms in total. The fraction of sp³-hybridized carbons (Fsp3) is 0.611. The molecule has 2 aliphatic heterocycles. The molecule has 2 N–H and O–H groups in total. The van der Waals surface area contributed by atoms with Crippen molar-refractivity contribution >= 4 is 5.91 Å². The number of hydrogen-bond acceptors (Lipinski definition) is 1. The summed E-state index contributed by atoms with van der Waals surface area (Å²) in [4.78, 5) is 14.1. The van der Waals surface area contributed by atoms with Crippen LogP contribution in [0.5, 0.6) is 0 Å². The zero-order valence-electron chi connectivity index (χ0n) is 13.3. The number of piperidine rings is 2. The number of halogens is 1. The van der Waals surface area contributed by atoms with Gasteiger partial charge in [0.05, 0.1) is 18.6 Å². The molecule has 2 bridgehead atoms. The highest BCUT2D eigenvalue weighted by atomic mass is 19.1. The number of hydrogen-bond donors (Lipinski definition) is 2. The number of benzene rings is 1. The molecule has 0 aliphatic carbocycles. The molecule has 2 unspecified atom stereocenters.